The van der Waals surface area contributed by atoms with E-state index in [1.54, 1.807) is 6.07 Å². The summed E-state index contributed by atoms with van der Waals surface area (Å²) in [7, 11) is -2.25. The molecule has 0 saturated carbocycles. The smallest absolute Gasteiger partial charge is 0.246 e. The minimum Gasteiger partial charge on any atom is -0.494 e. The fourth-order valence-electron chi connectivity index (χ4n) is 1.90. The van der Waals surface area contributed by atoms with Crippen LogP contribution < -0.4 is 4.74 Å². The number of hydrogen-bond donors (Lipinski definition) is 1. The van der Waals surface area contributed by atoms with Crippen LogP contribution in [0.1, 0.15) is 0 Å². The van der Waals surface area contributed by atoms with Crippen molar-refractivity contribution in [3.63, 3.8) is 0 Å². The van der Waals surface area contributed by atoms with E-state index in [2.05, 4.69) is 15.9 Å². The average Bonchev–Trinajstić information content (AvgIpc) is 2.26. The third kappa shape index (κ3) is 2.75. The minimum absolute atomic E-state index is 0.00314. The molecule has 0 unspecified atom stereocenters. The van der Waals surface area contributed by atoms with Crippen molar-refractivity contribution >= 4 is 37.6 Å². The SMILES string of the molecule is COc1c(Br)cc(Cl)cc1S(=O)(=O)N1CC(CO)C1. The molecule has 0 atom stereocenters. The summed E-state index contributed by atoms with van der Waals surface area (Å²) in [5.74, 6) is 0.236. The highest BCUT2D eigenvalue weighted by Gasteiger charge is 2.38. The molecule has 1 aromatic rings. The Morgan fingerprint density at radius 2 is 2.16 bits per heavy atom. The van der Waals surface area contributed by atoms with E-state index < -0.39 is 10.0 Å². The van der Waals surface area contributed by atoms with Crippen molar-refractivity contribution in [3.05, 3.63) is 21.6 Å². The fraction of sp³-hybridized carbons (Fsp3) is 0.455. The second kappa shape index (κ2) is 5.57. The van der Waals surface area contributed by atoms with Crippen molar-refractivity contribution in [2.45, 2.75) is 4.90 Å². The normalized spacial score (nSPS) is 17.3. The van der Waals surface area contributed by atoms with Crippen LogP contribution in [0.2, 0.25) is 5.02 Å². The van der Waals surface area contributed by atoms with E-state index in [9.17, 15) is 8.42 Å². The Morgan fingerprint density at radius 1 is 1.53 bits per heavy atom. The molecule has 0 aromatic heterocycles. The number of methoxy groups -OCH3 is 1. The molecule has 1 aromatic carbocycles. The molecule has 1 heterocycles. The zero-order valence-corrected chi connectivity index (χ0v) is 13.3. The van der Waals surface area contributed by atoms with Crippen molar-refractivity contribution in [1.82, 2.24) is 4.31 Å². The quantitative estimate of drug-likeness (QED) is 0.876. The van der Waals surface area contributed by atoms with Crippen LogP contribution in [0.5, 0.6) is 5.75 Å². The van der Waals surface area contributed by atoms with Crippen molar-refractivity contribution in [3.8, 4) is 5.75 Å². The lowest BCUT2D eigenvalue weighted by molar-refractivity contribution is 0.117. The molecule has 8 heteroatoms. The van der Waals surface area contributed by atoms with Crippen molar-refractivity contribution in [1.29, 1.82) is 0 Å². The van der Waals surface area contributed by atoms with Crippen molar-refractivity contribution in [2.24, 2.45) is 5.92 Å². The van der Waals surface area contributed by atoms with Crippen LogP contribution >= 0.6 is 27.5 Å². The highest BCUT2D eigenvalue weighted by atomic mass is 79.9. The van der Waals surface area contributed by atoms with Crippen molar-refractivity contribution < 1.29 is 18.3 Å². The molecule has 1 fully saturated rings. The Morgan fingerprint density at radius 3 is 2.68 bits per heavy atom. The standard InChI is InChI=1S/C11H13BrClNO4S/c1-18-11-9(12)2-8(13)3-10(11)19(16,17)14-4-7(5-14)6-15/h2-3,7,15H,4-6H2,1H3. The number of rotatable bonds is 4. The first-order valence-corrected chi connectivity index (χ1v) is 8.15. The molecule has 1 N–H and O–H groups in total. The largest absolute Gasteiger partial charge is 0.494 e. The highest BCUT2D eigenvalue weighted by Crippen LogP contribution is 2.38. The Bertz CT molecular complexity index is 587. The molecule has 5 nitrogen and oxygen atoms in total. The topological polar surface area (TPSA) is 66.8 Å². The zero-order valence-electron chi connectivity index (χ0n) is 10.1. The lowest BCUT2D eigenvalue weighted by atomic mass is 10.1. The Labute approximate surface area is 125 Å². The van der Waals surface area contributed by atoms with Gasteiger partial charge >= 0.3 is 0 Å². The number of benzene rings is 1. The number of ether oxygens (including phenoxy) is 1. The van der Waals surface area contributed by atoms with E-state index in [0.717, 1.165) is 0 Å². The van der Waals surface area contributed by atoms with E-state index in [0.29, 0.717) is 22.6 Å². The first kappa shape index (κ1) is 15.1. The summed E-state index contributed by atoms with van der Waals surface area (Å²) in [4.78, 5) is 0.0331. The van der Waals surface area contributed by atoms with Gasteiger partial charge in [-0.1, -0.05) is 11.6 Å². The van der Waals surface area contributed by atoms with Crippen LogP contribution in [0.15, 0.2) is 21.5 Å². The van der Waals surface area contributed by atoms with Gasteiger partial charge < -0.3 is 9.84 Å². The zero-order chi connectivity index (χ0) is 14.2. The molecule has 1 aliphatic heterocycles. The molecule has 0 radical (unpaired) electrons. The number of nitrogens with zero attached hydrogens (tertiary/aromatic N) is 1. The van der Waals surface area contributed by atoms with Gasteiger partial charge in [-0.25, -0.2) is 8.42 Å². The molecule has 0 aliphatic carbocycles. The van der Waals surface area contributed by atoms with Gasteiger partial charge in [0.1, 0.15) is 4.90 Å². The van der Waals surface area contributed by atoms with Crippen LogP contribution in [-0.4, -0.2) is 44.6 Å². The lowest BCUT2D eigenvalue weighted by Gasteiger charge is -2.37. The molecule has 19 heavy (non-hydrogen) atoms. The molecule has 1 aliphatic rings. The molecular weight excluding hydrogens is 358 g/mol. The van der Waals surface area contributed by atoms with Gasteiger partial charge in [-0.3, -0.25) is 0 Å². The maximum Gasteiger partial charge on any atom is 0.246 e. The number of aliphatic hydroxyl groups is 1. The van der Waals surface area contributed by atoms with Crippen molar-refractivity contribution in [2.75, 3.05) is 26.8 Å². The summed E-state index contributed by atoms with van der Waals surface area (Å²) in [6.07, 6.45) is 0. The van der Waals surface area contributed by atoms with Gasteiger partial charge in [-0.2, -0.15) is 4.31 Å². The Balaban J connectivity index is 2.41. The first-order chi connectivity index (χ1) is 8.90. The summed E-state index contributed by atoms with van der Waals surface area (Å²) in [6.45, 7) is 0.612. The minimum atomic E-state index is -3.65. The van der Waals surface area contributed by atoms with E-state index in [1.807, 2.05) is 0 Å². The molecule has 106 valence electrons. The maximum atomic E-state index is 12.4. The molecular formula is C11H13BrClNO4S. The number of sulfonamides is 1. The number of aliphatic hydroxyl groups excluding tert-OH is 1. The molecule has 0 spiro atoms. The number of halogens is 2. The average molecular weight is 371 g/mol. The first-order valence-electron chi connectivity index (χ1n) is 5.54. The van der Waals surface area contributed by atoms with Gasteiger partial charge in [-0.15, -0.1) is 0 Å². The summed E-state index contributed by atoms with van der Waals surface area (Å²) in [5.41, 5.74) is 0. The van der Waals surface area contributed by atoms with Gasteiger partial charge in [0.25, 0.3) is 0 Å². The predicted molar refractivity (Wildman–Crippen MR) is 75.0 cm³/mol. The van der Waals surface area contributed by atoms with E-state index >= 15 is 0 Å². The van der Waals surface area contributed by atoms with Gasteiger partial charge in [0, 0.05) is 30.6 Å². The molecule has 0 bridgehead atoms. The van der Waals surface area contributed by atoms with Gasteiger partial charge in [-0.05, 0) is 28.1 Å². The summed E-state index contributed by atoms with van der Waals surface area (Å²) in [5, 5.41) is 9.26. The van der Waals surface area contributed by atoms with Crippen LogP contribution in [0.25, 0.3) is 0 Å². The molecule has 2 rings (SSSR count). The Hall–Kier alpha value is -0.340. The van der Waals surface area contributed by atoms with Gasteiger partial charge in [0.05, 0.1) is 11.6 Å². The second-order valence-corrected chi connectivity index (χ2v) is 7.49. The summed E-state index contributed by atoms with van der Waals surface area (Å²) < 4.78 is 31.8. The molecule has 1 saturated heterocycles. The summed E-state index contributed by atoms with van der Waals surface area (Å²) >= 11 is 9.13. The van der Waals surface area contributed by atoms with Gasteiger partial charge in [0.2, 0.25) is 10.0 Å². The predicted octanol–water partition coefficient (Wildman–Crippen LogP) is 1.72. The molecule has 0 amide bonds. The summed E-state index contributed by atoms with van der Waals surface area (Å²) in [6, 6.07) is 2.94. The monoisotopic (exact) mass is 369 g/mol. The lowest BCUT2D eigenvalue weighted by Crippen LogP contribution is -2.51. The van der Waals surface area contributed by atoms with E-state index in [4.69, 9.17) is 21.4 Å². The number of hydrogen-bond acceptors (Lipinski definition) is 4. The fourth-order valence-corrected chi connectivity index (χ4v) is 4.86. The third-order valence-electron chi connectivity index (χ3n) is 2.98. The van der Waals surface area contributed by atoms with Gasteiger partial charge in [0.15, 0.2) is 5.75 Å². The Kier molecular flexibility index (Phi) is 4.42. The third-order valence-corrected chi connectivity index (χ3v) is 5.62. The van der Waals surface area contributed by atoms with Crippen LogP contribution in [0.3, 0.4) is 0 Å². The van der Waals surface area contributed by atoms with Crippen LogP contribution in [-0.2, 0) is 10.0 Å². The van der Waals surface area contributed by atoms with E-state index in [1.165, 1.54) is 17.5 Å². The van der Waals surface area contributed by atoms with Crippen LogP contribution in [0.4, 0.5) is 0 Å². The second-order valence-electron chi connectivity index (χ2n) is 4.29. The van der Waals surface area contributed by atoms with E-state index in [-0.39, 0.29) is 23.2 Å². The van der Waals surface area contributed by atoms with Crippen LogP contribution in [0, 0.1) is 5.92 Å². The highest BCUT2D eigenvalue weighted by molar-refractivity contribution is 9.10. The maximum absolute atomic E-state index is 12.4.